The van der Waals surface area contributed by atoms with Crippen molar-refractivity contribution in [2.24, 2.45) is 0 Å². The van der Waals surface area contributed by atoms with E-state index in [4.69, 9.17) is 18.4 Å². The Bertz CT molecular complexity index is 645. The first-order chi connectivity index (χ1) is 12.8. The molecular weight excluding hydrogens is 407 g/mol. The minimum atomic E-state index is -2.26. The first-order valence-corrected chi connectivity index (χ1v) is 9.91. The third-order valence-corrected chi connectivity index (χ3v) is 5.99. The standard InChI is InChI=1S/C12H10N2O2P.C5H10.2CO.Fe/c1-3-7-11-9(5-1)13-17(15-11)14-10-6-2-4-8-12(10)16-17;1-2-4-5-3-1;2*1-2;/h1-8,13-14H;1-5H2;;;/q+1;;;;. The van der Waals surface area contributed by atoms with E-state index >= 15 is 0 Å². The Morgan fingerprint density at radius 3 is 1.33 bits per heavy atom. The fourth-order valence-corrected chi connectivity index (χ4v) is 5.05. The van der Waals surface area contributed by atoms with Gasteiger partial charge in [-0.05, 0) is 24.3 Å². The van der Waals surface area contributed by atoms with Gasteiger partial charge in [-0.3, -0.25) is 9.05 Å². The third-order valence-electron chi connectivity index (χ3n) is 4.01. The van der Waals surface area contributed by atoms with E-state index in [-0.39, 0.29) is 17.1 Å². The van der Waals surface area contributed by atoms with Crippen LogP contribution >= 0.6 is 8.02 Å². The summed E-state index contributed by atoms with van der Waals surface area (Å²) < 4.78 is 26.8. The Hall–Kier alpha value is -1.93. The second-order valence-electron chi connectivity index (χ2n) is 5.72. The number of fused-ring (bicyclic) bond motifs is 2. The SMILES string of the molecule is C1CCCC1.[C-]#[O+].[C-]#[O+].[Fe].c1ccc2c(c1)N[P+]1(Nc3ccccc3O1)O2. The molecule has 2 heterocycles. The van der Waals surface area contributed by atoms with Crippen molar-refractivity contribution in [1.82, 2.24) is 0 Å². The summed E-state index contributed by atoms with van der Waals surface area (Å²) in [5.74, 6) is 1.67. The maximum atomic E-state index is 7.50. The van der Waals surface area contributed by atoms with Gasteiger partial charge in [-0.15, -0.1) is 0 Å². The van der Waals surface area contributed by atoms with Gasteiger partial charge in [-0.25, -0.2) is 0 Å². The number of rotatable bonds is 0. The predicted molar refractivity (Wildman–Crippen MR) is 99.2 cm³/mol. The molecule has 6 nitrogen and oxygen atoms in total. The van der Waals surface area contributed by atoms with Crippen LogP contribution in [0.15, 0.2) is 48.5 Å². The molecule has 5 rings (SSSR count). The Morgan fingerprint density at radius 2 is 1.00 bits per heavy atom. The number of benzene rings is 2. The Balaban J connectivity index is 0.000000311. The number of para-hydroxylation sites is 4. The molecule has 142 valence electrons. The molecule has 1 aliphatic carbocycles. The largest absolute Gasteiger partial charge is 0.572 e. The average Bonchev–Trinajstić information content (AvgIpc) is 3.44. The molecule has 0 saturated heterocycles. The number of nitrogens with one attached hydrogen (secondary N) is 2. The van der Waals surface area contributed by atoms with Crippen molar-refractivity contribution in [2.45, 2.75) is 32.1 Å². The summed E-state index contributed by atoms with van der Waals surface area (Å²) in [5.41, 5.74) is 1.95. The van der Waals surface area contributed by atoms with Crippen molar-refractivity contribution in [1.29, 1.82) is 0 Å². The molecule has 0 aromatic heterocycles. The third kappa shape index (κ3) is 5.77. The van der Waals surface area contributed by atoms with Crippen LogP contribution in [0.3, 0.4) is 0 Å². The maximum absolute atomic E-state index is 7.50. The summed E-state index contributed by atoms with van der Waals surface area (Å²) >= 11 is 0. The van der Waals surface area contributed by atoms with Crippen molar-refractivity contribution < 1.29 is 35.4 Å². The van der Waals surface area contributed by atoms with E-state index in [1.54, 1.807) is 0 Å². The van der Waals surface area contributed by atoms with Crippen LogP contribution in [0, 0.1) is 13.3 Å². The van der Waals surface area contributed by atoms with E-state index in [1.807, 2.05) is 48.5 Å². The molecule has 1 fully saturated rings. The van der Waals surface area contributed by atoms with Crippen molar-refractivity contribution >= 4 is 19.4 Å². The van der Waals surface area contributed by atoms with Gasteiger partial charge in [0.15, 0.2) is 0 Å². The zero-order valence-electron chi connectivity index (χ0n) is 14.6. The van der Waals surface area contributed by atoms with Crippen LogP contribution in [0.25, 0.3) is 0 Å². The summed E-state index contributed by atoms with van der Waals surface area (Å²) in [7, 11) is -2.26. The molecule has 0 radical (unpaired) electrons. The first-order valence-electron chi connectivity index (χ1n) is 8.28. The summed E-state index contributed by atoms with van der Waals surface area (Å²) in [6.45, 7) is 9.00. The molecule has 0 amide bonds. The maximum Gasteiger partial charge on any atom is 0.572 e. The van der Waals surface area contributed by atoms with Gasteiger partial charge in [0.05, 0.1) is 0 Å². The van der Waals surface area contributed by atoms with Gasteiger partial charge in [0, 0.05) is 17.1 Å². The van der Waals surface area contributed by atoms with Gasteiger partial charge in [0.1, 0.15) is 11.4 Å². The minimum absolute atomic E-state index is 0. The molecule has 2 N–H and O–H groups in total. The van der Waals surface area contributed by atoms with E-state index in [1.165, 1.54) is 32.1 Å². The minimum Gasteiger partial charge on any atom is -0.262 e. The molecule has 2 aromatic rings. The van der Waals surface area contributed by atoms with Crippen molar-refractivity contribution in [2.75, 3.05) is 10.2 Å². The van der Waals surface area contributed by atoms with E-state index in [2.05, 4.69) is 23.5 Å². The molecular formula is C19H20FeN2O4P+. The van der Waals surface area contributed by atoms with E-state index in [9.17, 15) is 0 Å². The summed E-state index contributed by atoms with van der Waals surface area (Å²) in [6.07, 6.45) is 7.50. The molecule has 2 aliphatic heterocycles. The topological polar surface area (TPSA) is 82.3 Å². The Kier molecular flexibility index (Phi) is 10.0. The smallest absolute Gasteiger partial charge is 0.262 e. The van der Waals surface area contributed by atoms with Gasteiger partial charge in [0.25, 0.3) is 0 Å². The van der Waals surface area contributed by atoms with Gasteiger partial charge in [-0.1, -0.05) is 56.4 Å². The first kappa shape index (κ1) is 23.1. The Labute approximate surface area is 170 Å². The van der Waals surface area contributed by atoms with Crippen LogP contribution in [0.1, 0.15) is 32.1 Å². The summed E-state index contributed by atoms with van der Waals surface area (Å²) in [4.78, 5) is 0. The number of anilines is 2. The average molecular weight is 427 g/mol. The van der Waals surface area contributed by atoms with Crippen molar-refractivity contribution in [3.63, 3.8) is 0 Å². The molecule has 1 saturated carbocycles. The van der Waals surface area contributed by atoms with Gasteiger partial charge >= 0.3 is 30.6 Å². The second-order valence-corrected chi connectivity index (χ2v) is 7.63. The number of hydrogen-bond donors (Lipinski definition) is 2. The molecule has 27 heavy (non-hydrogen) atoms. The zero-order valence-corrected chi connectivity index (χ0v) is 16.6. The van der Waals surface area contributed by atoms with E-state index in [0.29, 0.717) is 0 Å². The second kappa shape index (κ2) is 11.7. The Morgan fingerprint density at radius 1 is 0.667 bits per heavy atom. The fourth-order valence-electron chi connectivity index (χ4n) is 2.89. The van der Waals surface area contributed by atoms with Gasteiger partial charge in [-0.2, -0.15) is 10.2 Å². The van der Waals surface area contributed by atoms with Crippen LogP contribution in [0.5, 0.6) is 11.5 Å². The molecule has 8 heteroatoms. The van der Waals surface area contributed by atoms with E-state index < -0.39 is 8.02 Å². The van der Waals surface area contributed by atoms with Gasteiger partial charge < -0.3 is 0 Å². The molecule has 0 atom stereocenters. The van der Waals surface area contributed by atoms with Crippen LogP contribution in [0.2, 0.25) is 0 Å². The van der Waals surface area contributed by atoms with Crippen LogP contribution < -0.4 is 19.2 Å². The van der Waals surface area contributed by atoms with Crippen molar-refractivity contribution in [3.8, 4) is 11.5 Å². The zero-order chi connectivity index (χ0) is 18.8. The predicted octanol–water partition coefficient (Wildman–Crippen LogP) is 5.55. The molecule has 3 aliphatic rings. The normalized spacial score (nSPS) is 15.6. The quantitative estimate of drug-likeness (QED) is 0.250. The van der Waals surface area contributed by atoms with Crippen molar-refractivity contribution in [3.05, 3.63) is 61.8 Å². The van der Waals surface area contributed by atoms with Gasteiger partial charge in [0.2, 0.25) is 11.5 Å². The molecule has 0 unspecified atom stereocenters. The van der Waals surface area contributed by atoms with E-state index in [0.717, 1.165) is 22.9 Å². The van der Waals surface area contributed by atoms with Crippen LogP contribution in [-0.2, 0) is 26.4 Å². The fraction of sp³-hybridized carbons (Fsp3) is 0.263. The van der Waals surface area contributed by atoms with Crippen LogP contribution in [-0.4, -0.2) is 0 Å². The summed E-state index contributed by atoms with van der Waals surface area (Å²) in [6, 6.07) is 15.7. The van der Waals surface area contributed by atoms with Crippen LogP contribution in [0.4, 0.5) is 11.4 Å². The number of hydrogen-bond acceptors (Lipinski definition) is 4. The molecule has 0 bridgehead atoms. The molecule has 1 spiro atoms. The summed E-state index contributed by atoms with van der Waals surface area (Å²) in [5, 5.41) is 6.62. The molecule has 2 aromatic carbocycles. The monoisotopic (exact) mass is 427 g/mol.